The van der Waals surface area contributed by atoms with Crippen molar-refractivity contribution in [1.82, 2.24) is 0 Å². The van der Waals surface area contributed by atoms with Crippen molar-refractivity contribution in [2.45, 2.75) is 32.1 Å². The Kier molecular flexibility index (Phi) is 4.15. The lowest BCUT2D eigenvalue weighted by molar-refractivity contribution is -0.108. The van der Waals surface area contributed by atoms with Crippen LogP contribution in [0.1, 0.15) is 36.5 Å². The molecule has 1 unspecified atom stereocenters. The Balaban J connectivity index is 3.10. The maximum Gasteiger partial charge on any atom is 0.127 e. The molecule has 0 saturated heterocycles. The molecular formula is C12H15ClO. The monoisotopic (exact) mass is 210 g/mol. The number of benzene rings is 1. The average Bonchev–Trinajstić information content (AvgIpc) is 2.27. The van der Waals surface area contributed by atoms with E-state index >= 15 is 0 Å². The molecule has 14 heavy (non-hydrogen) atoms. The minimum Gasteiger partial charge on any atom is -0.303 e. The van der Waals surface area contributed by atoms with Crippen LogP contribution in [-0.4, -0.2) is 6.29 Å². The maximum absolute atomic E-state index is 10.7. The predicted octanol–water partition coefficient (Wildman–Crippen LogP) is 3.29. The van der Waals surface area contributed by atoms with Crippen LogP contribution in [-0.2, 0) is 17.1 Å². The van der Waals surface area contributed by atoms with Crippen LogP contribution in [0.3, 0.4) is 0 Å². The van der Waals surface area contributed by atoms with Crippen LogP contribution in [0.2, 0.25) is 0 Å². The summed E-state index contributed by atoms with van der Waals surface area (Å²) in [5.74, 6) is 0.511. The Labute approximate surface area is 90.1 Å². The lowest BCUT2D eigenvalue weighted by Crippen LogP contribution is -2.00. The standard InChI is InChI=1S/C12H15ClO/c1-3-11-6-10(7-13)4-5-12(11)9(2)8-14/h4-6,8-9H,3,7H2,1-2H3. The maximum atomic E-state index is 10.7. The molecule has 0 aromatic heterocycles. The molecule has 0 bridgehead atoms. The smallest absolute Gasteiger partial charge is 0.127 e. The summed E-state index contributed by atoms with van der Waals surface area (Å²) >= 11 is 5.75. The van der Waals surface area contributed by atoms with Crippen molar-refractivity contribution in [3.05, 3.63) is 34.9 Å². The number of aryl methyl sites for hydroxylation is 1. The molecule has 1 rings (SSSR count). The van der Waals surface area contributed by atoms with Crippen molar-refractivity contribution in [2.75, 3.05) is 0 Å². The minimum absolute atomic E-state index is 0.0191. The van der Waals surface area contributed by atoms with Crippen LogP contribution in [0, 0.1) is 0 Å². The zero-order chi connectivity index (χ0) is 10.6. The van der Waals surface area contributed by atoms with Gasteiger partial charge in [-0.2, -0.15) is 0 Å². The summed E-state index contributed by atoms with van der Waals surface area (Å²) in [5.41, 5.74) is 3.46. The summed E-state index contributed by atoms with van der Waals surface area (Å²) in [5, 5.41) is 0. The van der Waals surface area contributed by atoms with Crippen LogP contribution in [0.5, 0.6) is 0 Å². The largest absolute Gasteiger partial charge is 0.303 e. The van der Waals surface area contributed by atoms with Gasteiger partial charge in [-0.05, 0) is 23.1 Å². The number of hydrogen-bond acceptors (Lipinski definition) is 1. The number of aldehydes is 1. The van der Waals surface area contributed by atoms with Gasteiger partial charge in [-0.15, -0.1) is 11.6 Å². The Morgan fingerprint density at radius 1 is 1.50 bits per heavy atom. The van der Waals surface area contributed by atoms with Gasteiger partial charge in [-0.25, -0.2) is 0 Å². The zero-order valence-electron chi connectivity index (χ0n) is 8.59. The second-order valence-corrected chi connectivity index (χ2v) is 3.71. The number of carbonyl (C=O) groups excluding carboxylic acids is 1. The third-order valence-electron chi connectivity index (χ3n) is 2.44. The van der Waals surface area contributed by atoms with Gasteiger partial charge in [0.15, 0.2) is 0 Å². The van der Waals surface area contributed by atoms with Crippen molar-refractivity contribution in [1.29, 1.82) is 0 Å². The van der Waals surface area contributed by atoms with Gasteiger partial charge < -0.3 is 4.79 Å². The molecule has 1 aromatic carbocycles. The van der Waals surface area contributed by atoms with Crippen molar-refractivity contribution < 1.29 is 4.79 Å². The topological polar surface area (TPSA) is 17.1 Å². The Morgan fingerprint density at radius 2 is 2.21 bits per heavy atom. The molecule has 0 saturated carbocycles. The molecule has 0 heterocycles. The first kappa shape index (κ1) is 11.3. The Bertz CT molecular complexity index is 320. The lowest BCUT2D eigenvalue weighted by atomic mass is 9.94. The highest BCUT2D eigenvalue weighted by atomic mass is 35.5. The number of alkyl halides is 1. The number of halogens is 1. The highest BCUT2D eigenvalue weighted by Gasteiger charge is 2.08. The van der Waals surface area contributed by atoms with Gasteiger partial charge in [0.05, 0.1) is 0 Å². The second-order valence-electron chi connectivity index (χ2n) is 3.45. The van der Waals surface area contributed by atoms with E-state index in [0.29, 0.717) is 5.88 Å². The van der Waals surface area contributed by atoms with Crippen molar-refractivity contribution >= 4 is 17.9 Å². The molecule has 0 N–H and O–H groups in total. The van der Waals surface area contributed by atoms with E-state index in [0.717, 1.165) is 23.8 Å². The molecule has 2 heteroatoms. The Hall–Kier alpha value is -0.820. The van der Waals surface area contributed by atoms with Gasteiger partial charge in [0.2, 0.25) is 0 Å². The number of carbonyl (C=O) groups is 1. The second kappa shape index (κ2) is 5.16. The molecule has 1 aromatic rings. The number of hydrogen-bond donors (Lipinski definition) is 0. The first-order valence-corrected chi connectivity index (χ1v) is 5.39. The van der Waals surface area contributed by atoms with Gasteiger partial charge in [-0.3, -0.25) is 0 Å². The van der Waals surface area contributed by atoms with Crippen LogP contribution in [0.4, 0.5) is 0 Å². The number of rotatable bonds is 4. The van der Waals surface area contributed by atoms with Crippen LogP contribution in [0.25, 0.3) is 0 Å². The van der Waals surface area contributed by atoms with E-state index in [1.807, 2.05) is 19.1 Å². The predicted molar refractivity (Wildman–Crippen MR) is 59.9 cm³/mol. The van der Waals surface area contributed by atoms with Gasteiger partial charge in [0, 0.05) is 11.8 Å². The van der Waals surface area contributed by atoms with E-state index in [1.54, 1.807) is 0 Å². The van der Waals surface area contributed by atoms with Gasteiger partial charge in [0.1, 0.15) is 6.29 Å². The third-order valence-corrected chi connectivity index (χ3v) is 2.75. The molecule has 0 aliphatic rings. The molecule has 0 radical (unpaired) electrons. The summed E-state index contributed by atoms with van der Waals surface area (Å²) in [6.45, 7) is 4.01. The SMILES string of the molecule is CCc1cc(CCl)ccc1C(C)C=O. The van der Waals surface area contributed by atoms with Crippen LogP contribution in [0.15, 0.2) is 18.2 Å². The first-order chi connectivity index (χ1) is 6.72. The van der Waals surface area contributed by atoms with Crippen molar-refractivity contribution in [3.63, 3.8) is 0 Å². The highest BCUT2D eigenvalue weighted by Crippen LogP contribution is 2.21. The summed E-state index contributed by atoms with van der Waals surface area (Å²) in [7, 11) is 0. The summed E-state index contributed by atoms with van der Waals surface area (Å²) in [6, 6.07) is 6.08. The lowest BCUT2D eigenvalue weighted by Gasteiger charge is -2.11. The third kappa shape index (κ3) is 2.36. The quantitative estimate of drug-likeness (QED) is 0.551. The van der Waals surface area contributed by atoms with E-state index in [-0.39, 0.29) is 5.92 Å². The molecule has 0 aliphatic heterocycles. The first-order valence-electron chi connectivity index (χ1n) is 4.85. The Morgan fingerprint density at radius 3 is 2.71 bits per heavy atom. The highest BCUT2D eigenvalue weighted by molar-refractivity contribution is 6.17. The van der Waals surface area contributed by atoms with Crippen LogP contribution >= 0.6 is 11.6 Å². The average molecular weight is 211 g/mol. The summed E-state index contributed by atoms with van der Waals surface area (Å²) in [4.78, 5) is 10.7. The zero-order valence-corrected chi connectivity index (χ0v) is 9.34. The van der Waals surface area contributed by atoms with Gasteiger partial charge in [0.25, 0.3) is 0 Å². The molecule has 0 fully saturated rings. The normalized spacial score (nSPS) is 12.5. The van der Waals surface area contributed by atoms with Gasteiger partial charge in [-0.1, -0.05) is 32.0 Å². The van der Waals surface area contributed by atoms with Crippen molar-refractivity contribution in [2.24, 2.45) is 0 Å². The molecule has 0 amide bonds. The van der Waals surface area contributed by atoms with E-state index < -0.39 is 0 Å². The molecular weight excluding hydrogens is 196 g/mol. The van der Waals surface area contributed by atoms with E-state index in [2.05, 4.69) is 13.0 Å². The van der Waals surface area contributed by atoms with Gasteiger partial charge >= 0.3 is 0 Å². The molecule has 1 nitrogen and oxygen atoms in total. The van der Waals surface area contributed by atoms with E-state index in [1.165, 1.54) is 5.56 Å². The summed E-state index contributed by atoms with van der Waals surface area (Å²) < 4.78 is 0. The van der Waals surface area contributed by atoms with Crippen LogP contribution < -0.4 is 0 Å². The molecule has 1 atom stereocenters. The van der Waals surface area contributed by atoms with Crippen molar-refractivity contribution in [3.8, 4) is 0 Å². The molecule has 0 aliphatic carbocycles. The van der Waals surface area contributed by atoms with E-state index in [4.69, 9.17) is 11.6 Å². The van der Waals surface area contributed by atoms with E-state index in [9.17, 15) is 4.79 Å². The fraction of sp³-hybridized carbons (Fsp3) is 0.417. The summed E-state index contributed by atoms with van der Waals surface area (Å²) in [6.07, 6.45) is 1.92. The fourth-order valence-corrected chi connectivity index (χ4v) is 1.73. The molecule has 0 spiro atoms. The molecule has 76 valence electrons. The minimum atomic E-state index is -0.0191. The fourth-order valence-electron chi connectivity index (χ4n) is 1.57.